The minimum absolute atomic E-state index is 0.0927. The summed E-state index contributed by atoms with van der Waals surface area (Å²) in [7, 11) is 0. The minimum atomic E-state index is -0.989. The van der Waals surface area contributed by atoms with E-state index < -0.39 is 11.4 Å². The first-order chi connectivity index (χ1) is 23.5. The topological polar surface area (TPSA) is 183 Å². The number of nitrogens with zero attached hydrogens (tertiary/aromatic N) is 7. The molecule has 0 unspecified atom stereocenters. The highest BCUT2D eigenvalue weighted by molar-refractivity contribution is 5.94. The molecule has 13 nitrogen and oxygen atoms in total. The monoisotopic (exact) mass is 668 g/mol. The van der Waals surface area contributed by atoms with Crippen LogP contribution in [0.5, 0.6) is 0 Å². The highest BCUT2D eigenvalue weighted by atomic mass is 19.1. The molecule has 0 bridgehead atoms. The molecule has 0 atom stereocenters. The zero-order chi connectivity index (χ0) is 34.7. The van der Waals surface area contributed by atoms with Gasteiger partial charge in [-0.05, 0) is 38.1 Å². The van der Waals surface area contributed by atoms with E-state index in [2.05, 4.69) is 30.5 Å². The molecule has 0 aliphatic rings. The summed E-state index contributed by atoms with van der Waals surface area (Å²) < 4.78 is 54.4. The highest BCUT2D eigenvalue weighted by Gasteiger charge is 2.19. The summed E-state index contributed by atoms with van der Waals surface area (Å²) in [5.41, 5.74) is 8.32. The largest absolute Gasteiger partial charge is 0.382 e. The predicted molar refractivity (Wildman–Crippen MR) is 171 cm³/mol. The van der Waals surface area contributed by atoms with E-state index in [-0.39, 0.29) is 36.4 Å². The Morgan fingerprint density at radius 2 is 1.31 bits per heavy atom. The van der Waals surface area contributed by atoms with Crippen molar-refractivity contribution in [2.24, 2.45) is 5.73 Å². The molecule has 0 aliphatic carbocycles. The van der Waals surface area contributed by atoms with Crippen molar-refractivity contribution >= 4 is 5.84 Å². The zero-order valence-electron chi connectivity index (χ0n) is 26.0. The van der Waals surface area contributed by atoms with Crippen LogP contribution in [0.2, 0.25) is 0 Å². The Morgan fingerprint density at radius 1 is 0.776 bits per heavy atom. The molecule has 5 heterocycles. The molecule has 7 rings (SSSR count). The lowest BCUT2D eigenvalue weighted by molar-refractivity contribution is 0.399. The summed E-state index contributed by atoms with van der Waals surface area (Å²) in [6.07, 6.45) is 0.823. The average molecular weight is 669 g/mol. The Morgan fingerprint density at radius 3 is 1.80 bits per heavy atom. The van der Waals surface area contributed by atoms with Crippen LogP contribution in [0.4, 0.5) is 13.2 Å². The van der Waals surface area contributed by atoms with E-state index in [1.54, 1.807) is 79.2 Å². The van der Waals surface area contributed by atoms with Crippen LogP contribution in [0.3, 0.4) is 0 Å². The number of nitrogens with two attached hydrogens (primary N) is 1. The normalized spacial score (nSPS) is 11.0. The molecule has 248 valence electrons. The molecule has 0 amide bonds. The van der Waals surface area contributed by atoms with Gasteiger partial charge in [-0.15, -0.1) is 0 Å². The van der Waals surface area contributed by atoms with Crippen molar-refractivity contribution in [3.05, 3.63) is 135 Å². The van der Waals surface area contributed by atoms with Gasteiger partial charge in [0.15, 0.2) is 5.82 Å². The number of hydrogen-bond donors (Lipinski definition) is 3. The van der Waals surface area contributed by atoms with E-state index in [0.717, 1.165) is 6.20 Å². The second kappa shape index (κ2) is 13.6. The Hall–Kier alpha value is -6.58. The van der Waals surface area contributed by atoms with E-state index in [4.69, 9.17) is 20.2 Å². The van der Waals surface area contributed by atoms with Crippen LogP contribution in [-0.4, -0.2) is 45.7 Å². The number of aromatic nitrogens is 8. The van der Waals surface area contributed by atoms with Crippen molar-refractivity contribution in [3.8, 4) is 34.3 Å². The van der Waals surface area contributed by atoms with Crippen molar-refractivity contribution in [2.75, 3.05) is 0 Å². The van der Waals surface area contributed by atoms with Gasteiger partial charge < -0.3 is 19.8 Å². The van der Waals surface area contributed by atoms with Crippen molar-refractivity contribution in [1.29, 1.82) is 5.41 Å². The molecule has 0 radical (unpaired) electrons. The third kappa shape index (κ3) is 7.22. The molecule has 5 aromatic heterocycles. The number of benzene rings is 2. The van der Waals surface area contributed by atoms with Crippen LogP contribution in [0.15, 0.2) is 92.8 Å². The van der Waals surface area contributed by atoms with Crippen LogP contribution in [-0.2, 0) is 13.1 Å². The Bertz CT molecular complexity index is 2340. The van der Waals surface area contributed by atoms with Gasteiger partial charge in [-0.2, -0.15) is 14.6 Å². The summed E-state index contributed by atoms with van der Waals surface area (Å²) in [4.78, 5) is 17.7. The molecule has 2 aromatic carbocycles. The molecule has 0 saturated heterocycles. The van der Waals surface area contributed by atoms with Crippen LogP contribution in [0, 0.1) is 36.7 Å². The van der Waals surface area contributed by atoms with Gasteiger partial charge in [0.2, 0.25) is 5.82 Å². The first-order valence-electron chi connectivity index (χ1n) is 14.6. The fourth-order valence-electron chi connectivity index (χ4n) is 4.79. The molecule has 49 heavy (non-hydrogen) atoms. The number of H-pyrrole nitrogens is 1. The smallest absolute Gasteiger partial charge is 0.287 e. The van der Waals surface area contributed by atoms with Crippen LogP contribution >= 0.6 is 0 Å². The summed E-state index contributed by atoms with van der Waals surface area (Å²) in [5.74, 6) is -0.493. The molecule has 0 spiro atoms. The lowest BCUT2D eigenvalue weighted by Gasteiger charge is -2.06. The maximum absolute atomic E-state index is 14.1. The van der Waals surface area contributed by atoms with Crippen molar-refractivity contribution < 1.29 is 22.2 Å². The predicted octanol–water partition coefficient (Wildman–Crippen LogP) is 5.24. The summed E-state index contributed by atoms with van der Waals surface area (Å²) in [6.45, 7) is 3.86. The van der Waals surface area contributed by atoms with Gasteiger partial charge >= 0.3 is 0 Å². The Kier molecular flexibility index (Phi) is 9.01. The van der Waals surface area contributed by atoms with E-state index in [1.807, 2.05) is 0 Å². The quantitative estimate of drug-likeness (QED) is 0.144. The lowest BCUT2D eigenvalue weighted by Crippen LogP contribution is -2.13. The number of halogens is 3. The summed E-state index contributed by atoms with van der Waals surface area (Å²) in [5, 5.41) is 24.1. The van der Waals surface area contributed by atoms with E-state index >= 15 is 0 Å². The number of aryl methyl sites for hydroxylation is 2. The fraction of sp³-hybridized carbons (Fsp3) is 0.121. The number of rotatable bonds is 8. The summed E-state index contributed by atoms with van der Waals surface area (Å²) in [6, 6.07) is 19.5. The lowest BCUT2D eigenvalue weighted by atomic mass is 10.2. The van der Waals surface area contributed by atoms with Gasteiger partial charge in [0.05, 0.1) is 30.7 Å². The molecule has 16 heteroatoms. The molecule has 0 aliphatic heterocycles. The van der Waals surface area contributed by atoms with Crippen molar-refractivity contribution in [2.45, 2.75) is 26.9 Å². The number of amidine groups is 1. The molecule has 0 fully saturated rings. The minimum Gasteiger partial charge on any atom is -0.382 e. The van der Waals surface area contributed by atoms with Crippen LogP contribution < -0.4 is 11.3 Å². The zero-order valence-corrected chi connectivity index (χ0v) is 26.0. The molecule has 4 N–H and O–H groups in total. The third-order valence-electron chi connectivity index (χ3n) is 7.17. The maximum atomic E-state index is 14.1. The van der Waals surface area contributed by atoms with Crippen LogP contribution in [0.25, 0.3) is 34.3 Å². The first-order valence-corrected chi connectivity index (χ1v) is 14.6. The van der Waals surface area contributed by atoms with Crippen LogP contribution in [0.1, 0.15) is 28.3 Å². The van der Waals surface area contributed by atoms with Gasteiger partial charge in [0, 0.05) is 23.3 Å². The molecular weight excluding hydrogens is 641 g/mol. The van der Waals surface area contributed by atoms with E-state index in [1.165, 1.54) is 16.8 Å². The Balaban J connectivity index is 0.000000174. The number of hydrogen-bond acceptors (Lipinski definition) is 9. The van der Waals surface area contributed by atoms with Gasteiger partial charge in [-0.1, -0.05) is 46.7 Å². The molecule has 0 saturated carbocycles. The van der Waals surface area contributed by atoms with Gasteiger partial charge in [-0.3, -0.25) is 19.6 Å². The third-order valence-corrected chi connectivity index (χ3v) is 7.17. The summed E-state index contributed by atoms with van der Waals surface area (Å²) >= 11 is 0. The van der Waals surface area contributed by atoms with Crippen molar-refractivity contribution in [3.63, 3.8) is 0 Å². The SMILES string of the molecule is Cc1cc(-c2cc(-c3ncc(F)c(=O)[nH]3)nn2Cc2ccccc2F)no1.Cc1cc(-c2cc(C(=N)N)nn2Cc2ccccc2F)no1. The second-order valence-electron chi connectivity index (χ2n) is 10.8. The number of nitrogens with one attached hydrogen (secondary N) is 2. The second-order valence-corrected chi connectivity index (χ2v) is 10.8. The fourth-order valence-corrected chi connectivity index (χ4v) is 4.79. The first kappa shape index (κ1) is 32.4. The average Bonchev–Trinajstić information content (AvgIpc) is 3.88. The number of nitrogen functional groups attached to an aromatic ring is 1. The van der Waals surface area contributed by atoms with E-state index in [0.29, 0.717) is 56.8 Å². The van der Waals surface area contributed by atoms with Gasteiger partial charge in [0.1, 0.15) is 51.8 Å². The number of aromatic amines is 1. The van der Waals surface area contributed by atoms with Gasteiger partial charge in [-0.25, -0.2) is 13.8 Å². The van der Waals surface area contributed by atoms with Gasteiger partial charge in [0.25, 0.3) is 5.56 Å². The molecule has 7 aromatic rings. The maximum Gasteiger partial charge on any atom is 0.287 e. The standard InChI is InChI=1S/C18H13F2N5O2.C15H14FN5O/c1-10-6-14(24-27-10)16-7-15(17-21-8-13(20)18(26)22-17)23-25(16)9-11-4-2-3-5-12(11)19;1-9-6-12(20-22-9)14-7-13(15(17)18)19-21(14)8-10-4-2-3-5-11(10)16/h2-8H,9H2,1H3,(H,21,22,26);2-7H,8H2,1H3,(H3,17,18). The van der Waals surface area contributed by atoms with Crippen molar-refractivity contribution in [1.82, 2.24) is 39.8 Å². The van der Waals surface area contributed by atoms with E-state index in [9.17, 15) is 18.0 Å². The Labute approximate surface area is 275 Å². The highest BCUT2D eigenvalue weighted by Crippen LogP contribution is 2.26. The molecular formula is C33H27F3N10O3.